The second kappa shape index (κ2) is 10.2. The number of fused-ring (bicyclic) bond motifs is 4. The Hall–Kier alpha value is -4.04. The van der Waals surface area contributed by atoms with E-state index in [1.54, 1.807) is 12.1 Å². The Kier molecular flexibility index (Phi) is 6.59. The van der Waals surface area contributed by atoms with Crippen molar-refractivity contribution in [2.24, 2.45) is 16.7 Å². The molecule has 2 aliphatic carbocycles. The van der Waals surface area contributed by atoms with Crippen molar-refractivity contribution in [1.29, 1.82) is 0 Å². The van der Waals surface area contributed by atoms with Crippen LogP contribution in [0.5, 0.6) is 5.75 Å². The van der Waals surface area contributed by atoms with Crippen molar-refractivity contribution >= 4 is 29.1 Å². The first-order chi connectivity index (χ1) is 22.3. The molecule has 0 aromatic heterocycles. The number of nitrogens with one attached hydrogen (secondary N) is 1. The molecule has 0 bridgehead atoms. The predicted molar refractivity (Wildman–Crippen MR) is 177 cm³/mol. The largest absolute Gasteiger partial charge is 0.426 e. The fraction of sp³-hybridized carbons (Fsp3) is 0.487. The lowest BCUT2D eigenvalue weighted by Gasteiger charge is -2.47. The van der Waals surface area contributed by atoms with Crippen molar-refractivity contribution in [3.8, 4) is 5.75 Å². The number of allylic oxidation sites excluding steroid dienone is 4. The van der Waals surface area contributed by atoms with E-state index in [1.165, 1.54) is 0 Å². The molecule has 4 heterocycles. The van der Waals surface area contributed by atoms with Crippen LogP contribution >= 0.6 is 0 Å². The van der Waals surface area contributed by atoms with Crippen LogP contribution in [0, 0.1) is 16.7 Å². The average Bonchev–Trinajstić information content (AvgIpc) is 3.67. The van der Waals surface area contributed by atoms with Crippen molar-refractivity contribution in [3.05, 3.63) is 82.2 Å². The molecular formula is C39H43N3O5. The number of nitrogens with zero attached hydrogens (tertiary/aromatic N) is 2. The van der Waals surface area contributed by atoms with E-state index >= 15 is 0 Å². The van der Waals surface area contributed by atoms with E-state index in [-0.39, 0.29) is 34.3 Å². The van der Waals surface area contributed by atoms with Crippen LogP contribution in [0.4, 0.5) is 5.69 Å². The van der Waals surface area contributed by atoms with Crippen molar-refractivity contribution < 1.29 is 23.9 Å². The Balaban J connectivity index is 1.13. The van der Waals surface area contributed by atoms with Crippen molar-refractivity contribution in [3.63, 3.8) is 0 Å². The van der Waals surface area contributed by atoms with Gasteiger partial charge in [0.05, 0.1) is 5.92 Å². The van der Waals surface area contributed by atoms with E-state index in [0.29, 0.717) is 25.0 Å². The van der Waals surface area contributed by atoms with Crippen molar-refractivity contribution in [2.45, 2.75) is 90.1 Å². The molecular weight excluding hydrogens is 590 g/mol. The van der Waals surface area contributed by atoms with Crippen LogP contribution in [0.1, 0.15) is 89.7 Å². The molecule has 2 aromatic rings. The topological polar surface area (TPSA) is 96.0 Å². The van der Waals surface area contributed by atoms with Crippen LogP contribution in [0.2, 0.25) is 0 Å². The molecule has 47 heavy (non-hydrogen) atoms. The highest BCUT2D eigenvalue weighted by Gasteiger charge is 2.66. The molecule has 8 nitrogen and oxygen atoms in total. The van der Waals surface area contributed by atoms with E-state index in [9.17, 15) is 19.2 Å². The fourth-order valence-electron chi connectivity index (χ4n) is 9.76. The van der Waals surface area contributed by atoms with Gasteiger partial charge in [-0.1, -0.05) is 58.0 Å². The Morgan fingerprint density at radius 3 is 2.11 bits per heavy atom. The Bertz CT molecular complexity index is 1760. The number of carbonyl (C=O) groups is 4. The van der Waals surface area contributed by atoms with Gasteiger partial charge in [0.15, 0.2) is 11.6 Å². The third-order valence-electron chi connectivity index (χ3n) is 11.7. The summed E-state index contributed by atoms with van der Waals surface area (Å²) in [7, 11) is 2.01. The molecule has 244 valence electrons. The van der Waals surface area contributed by atoms with Gasteiger partial charge >= 0.3 is 5.97 Å². The van der Waals surface area contributed by atoms with E-state index in [2.05, 4.69) is 42.8 Å². The van der Waals surface area contributed by atoms with Gasteiger partial charge in [-0.3, -0.25) is 24.1 Å². The highest BCUT2D eigenvalue weighted by atomic mass is 16.5. The molecule has 2 aromatic carbocycles. The maximum absolute atomic E-state index is 14.0. The summed E-state index contributed by atoms with van der Waals surface area (Å²) in [5.74, 6) is -1.09. The maximum Gasteiger partial charge on any atom is 0.317 e. The first kappa shape index (κ1) is 30.3. The summed E-state index contributed by atoms with van der Waals surface area (Å²) in [6.45, 7) is 9.29. The lowest BCUT2D eigenvalue weighted by atomic mass is 9.64. The van der Waals surface area contributed by atoms with Gasteiger partial charge in [-0.2, -0.15) is 0 Å². The molecule has 1 spiro atoms. The molecule has 2 fully saturated rings. The van der Waals surface area contributed by atoms with E-state index in [0.717, 1.165) is 71.6 Å². The minimum atomic E-state index is -1.07. The average molecular weight is 634 g/mol. The van der Waals surface area contributed by atoms with Gasteiger partial charge in [-0.05, 0) is 73.2 Å². The summed E-state index contributed by atoms with van der Waals surface area (Å²) < 4.78 is 6.07. The third kappa shape index (κ3) is 4.43. The Labute approximate surface area is 276 Å². The number of para-hydroxylation sites is 1. The van der Waals surface area contributed by atoms with Gasteiger partial charge < -0.3 is 15.0 Å². The normalized spacial score (nSPS) is 29.6. The number of rotatable bonds is 3. The molecule has 8 rings (SSSR count). The highest BCUT2D eigenvalue weighted by molar-refractivity contribution is 6.09. The van der Waals surface area contributed by atoms with Crippen LogP contribution in [-0.4, -0.2) is 52.9 Å². The second-order valence-electron chi connectivity index (χ2n) is 16.1. The molecule has 0 radical (unpaired) electrons. The molecule has 0 saturated carbocycles. The SMILES string of the molecule is CN1C2=C(C(=O)CC(C)(C)C2)C(c2ccc(OC(=O)C3CC4CCCN4C34C(=O)Nc3ccccc34)cc2)C2=C1CC(C)(C)CC2=O. The summed E-state index contributed by atoms with van der Waals surface area (Å²) in [4.78, 5) is 59.8. The number of amides is 1. The van der Waals surface area contributed by atoms with E-state index < -0.39 is 23.3 Å². The zero-order valence-electron chi connectivity index (χ0n) is 27.9. The number of carbonyl (C=O) groups excluding carboxylic acids is 4. The van der Waals surface area contributed by atoms with Crippen molar-refractivity contribution in [1.82, 2.24) is 9.80 Å². The minimum Gasteiger partial charge on any atom is -0.426 e. The number of esters is 1. The number of hydrogen-bond donors (Lipinski definition) is 1. The standard InChI is InChI=1S/C39H43N3O5/c1-37(2)18-28-33(30(43)20-37)32(34-29(41(28)5)19-38(3,4)21-31(34)44)22-12-14-24(15-13-22)47-35(45)26-17-23-9-8-16-42(23)39(26)25-10-6-7-11-27(25)40-36(39)46/h6-7,10-15,23,26,32H,8-9,16-21H2,1-5H3,(H,40,46). The number of hydrogen-bond acceptors (Lipinski definition) is 7. The number of anilines is 1. The quantitative estimate of drug-likeness (QED) is 0.316. The molecule has 3 unspecified atom stereocenters. The van der Waals surface area contributed by atoms with Crippen LogP contribution in [0.3, 0.4) is 0 Å². The van der Waals surface area contributed by atoms with Gasteiger partial charge in [-0.15, -0.1) is 0 Å². The van der Waals surface area contributed by atoms with Gasteiger partial charge in [0.1, 0.15) is 11.3 Å². The molecule has 4 aliphatic heterocycles. The first-order valence-corrected chi connectivity index (χ1v) is 17.1. The monoisotopic (exact) mass is 633 g/mol. The van der Waals surface area contributed by atoms with Gasteiger partial charge in [0.2, 0.25) is 0 Å². The van der Waals surface area contributed by atoms with Gasteiger partial charge in [0.25, 0.3) is 5.91 Å². The number of ether oxygens (including phenoxy) is 1. The van der Waals surface area contributed by atoms with E-state index in [1.807, 2.05) is 43.4 Å². The predicted octanol–water partition coefficient (Wildman–Crippen LogP) is 6.24. The summed E-state index contributed by atoms with van der Waals surface area (Å²) in [5, 5.41) is 3.05. The zero-order chi connectivity index (χ0) is 33.0. The summed E-state index contributed by atoms with van der Waals surface area (Å²) in [5.41, 5.74) is 4.53. The van der Waals surface area contributed by atoms with Crippen LogP contribution in [0.15, 0.2) is 71.1 Å². The Morgan fingerprint density at radius 2 is 1.47 bits per heavy atom. The Morgan fingerprint density at radius 1 is 0.851 bits per heavy atom. The lowest BCUT2D eigenvalue weighted by Crippen LogP contribution is -2.53. The van der Waals surface area contributed by atoms with Gasteiger partial charge in [-0.25, -0.2) is 0 Å². The van der Waals surface area contributed by atoms with Crippen LogP contribution < -0.4 is 10.1 Å². The molecule has 3 atom stereocenters. The molecule has 2 saturated heterocycles. The summed E-state index contributed by atoms with van der Waals surface area (Å²) >= 11 is 0. The molecule has 1 N–H and O–H groups in total. The molecule has 6 aliphatic rings. The third-order valence-corrected chi connectivity index (χ3v) is 11.7. The smallest absolute Gasteiger partial charge is 0.317 e. The van der Waals surface area contributed by atoms with E-state index in [4.69, 9.17) is 4.74 Å². The second-order valence-corrected chi connectivity index (χ2v) is 16.1. The van der Waals surface area contributed by atoms with Crippen LogP contribution in [0.25, 0.3) is 0 Å². The summed E-state index contributed by atoms with van der Waals surface area (Å²) in [6, 6.07) is 15.2. The lowest BCUT2D eigenvalue weighted by molar-refractivity contribution is -0.147. The molecule has 8 heteroatoms. The number of benzene rings is 2. The fourth-order valence-corrected chi connectivity index (χ4v) is 9.76. The minimum absolute atomic E-state index is 0.0926. The van der Waals surface area contributed by atoms with Gasteiger partial charge in [0, 0.05) is 65.6 Å². The highest BCUT2D eigenvalue weighted by Crippen LogP contribution is 2.56. The summed E-state index contributed by atoms with van der Waals surface area (Å²) in [6.07, 6.45) is 4.92. The maximum atomic E-state index is 14.0. The number of Topliss-reactive ketones (excluding diaryl/α,β-unsaturated/α-hetero) is 2. The first-order valence-electron chi connectivity index (χ1n) is 17.1. The zero-order valence-corrected chi connectivity index (χ0v) is 27.9. The molecule has 1 amide bonds. The van der Waals surface area contributed by atoms with Crippen LogP contribution in [-0.2, 0) is 24.7 Å². The number of ketones is 2. The van der Waals surface area contributed by atoms with Crippen molar-refractivity contribution in [2.75, 3.05) is 18.9 Å².